The third kappa shape index (κ3) is 20.5. The first-order chi connectivity index (χ1) is 28.7. The molecular formula is C40H72N10O12. The van der Waals surface area contributed by atoms with Crippen molar-refractivity contribution in [1.29, 1.82) is 0 Å². The maximum atomic E-state index is 13.9. The van der Waals surface area contributed by atoms with Gasteiger partial charge in [0, 0.05) is 6.42 Å². The molecule has 0 aromatic heterocycles. The van der Waals surface area contributed by atoms with E-state index in [-0.39, 0.29) is 43.4 Å². The average Bonchev–Trinajstić information content (AvgIpc) is 3.17. The van der Waals surface area contributed by atoms with E-state index in [9.17, 15) is 58.2 Å². The van der Waals surface area contributed by atoms with Gasteiger partial charge in [-0.2, -0.15) is 0 Å². The van der Waals surface area contributed by atoms with Gasteiger partial charge in [-0.15, -0.1) is 0 Å². The number of nitrogens with one attached hydrogen (secondary N) is 8. The number of nitrogens with two attached hydrogens (primary N) is 2. The highest BCUT2D eigenvalue weighted by molar-refractivity contribution is 5.98. The van der Waals surface area contributed by atoms with Crippen LogP contribution in [0.3, 0.4) is 0 Å². The molecule has 0 fully saturated rings. The minimum absolute atomic E-state index is 0.0508. The van der Waals surface area contributed by atoms with Gasteiger partial charge in [0.2, 0.25) is 53.2 Å². The Bertz CT molecular complexity index is 1570. The molecular weight excluding hydrogens is 812 g/mol. The van der Waals surface area contributed by atoms with Gasteiger partial charge in [0.1, 0.15) is 48.3 Å². The van der Waals surface area contributed by atoms with Gasteiger partial charge in [-0.3, -0.25) is 43.2 Å². The summed E-state index contributed by atoms with van der Waals surface area (Å²) in [5, 5.41) is 39.3. The molecule has 9 amide bonds. The van der Waals surface area contributed by atoms with E-state index in [1.54, 1.807) is 55.4 Å². The SMILES string of the molecule is CC[C@H](C)[C@H](NC(=O)[C@H](CCC(N)=O)NC(=O)[C@H](C)NC(=O)[C@H](C)NC(=O)[C@@H](NC(=O)[C@H](C)N)C(C)C)C(=O)N[C@@H](CC(C)C)C(=O)N[C@@H](CO)C(=O)N[C@@H](CC(C)C)C(=O)O. The number of carboxylic acids is 1. The van der Waals surface area contributed by atoms with Crippen LogP contribution >= 0.6 is 0 Å². The summed E-state index contributed by atoms with van der Waals surface area (Å²) in [4.78, 5) is 129. The zero-order chi connectivity index (χ0) is 48.2. The van der Waals surface area contributed by atoms with Crippen molar-refractivity contribution in [3.63, 3.8) is 0 Å². The number of carboxylic acid groups (broad SMARTS) is 1. The van der Waals surface area contributed by atoms with Crippen LogP contribution in [0.1, 0.15) is 108 Å². The van der Waals surface area contributed by atoms with Crippen molar-refractivity contribution in [3.8, 4) is 0 Å². The zero-order valence-corrected chi connectivity index (χ0v) is 37.9. The van der Waals surface area contributed by atoms with Crippen LogP contribution in [0.25, 0.3) is 0 Å². The number of carbonyl (C=O) groups is 10. The molecule has 0 saturated heterocycles. The van der Waals surface area contributed by atoms with Crippen molar-refractivity contribution in [1.82, 2.24) is 42.5 Å². The van der Waals surface area contributed by atoms with Crippen LogP contribution in [-0.4, -0.2) is 130 Å². The number of aliphatic hydroxyl groups excluding tert-OH is 1. The van der Waals surface area contributed by atoms with Crippen LogP contribution in [0.5, 0.6) is 0 Å². The van der Waals surface area contributed by atoms with Crippen molar-refractivity contribution in [3.05, 3.63) is 0 Å². The second-order valence-corrected chi connectivity index (χ2v) is 16.9. The Morgan fingerprint density at radius 2 is 0.903 bits per heavy atom. The summed E-state index contributed by atoms with van der Waals surface area (Å²) in [5.41, 5.74) is 10.9. The summed E-state index contributed by atoms with van der Waals surface area (Å²) in [5.74, 6) is -9.73. The standard InChI is InChI=1S/C40H72N10O12/c1-12-21(8)31(39(60)46-26(15-18(2)3)36(57)48-28(17-51)37(58)47-27(40(61)62)16-19(4)5)50-35(56)25(13-14-29(42)52)45-34(55)24(11)43-33(54)23(10)44-38(59)30(20(6)7)49-32(53)22(9)41/h18-28,30-31,51H,12-17,41H2,1-11H3,(H2,42,52)(H,43,54)(H,44,59)(H,45,55)(H,46,60)(H,47,58)(H,48,57)(H,49,53)(H,50,56)(H,61,62)/t21-,22-,23-,24-,25-,26-,27-,28-,30-,31-/m0/s1. The first kappa shape index (κ1) is 56.6. The van der Waals surface area contributed by atoms with Crippen LogP contribution < -0.4 is 54.0 Å². The van der Waals surface area contributed by atoms with Crippen LogP contribution in [0, 0.1) is 23.7 Å². The fraction of sp³-hybridized carbons (Fsp3) is 0.750. The van der Waals surface area contributed by atoms with Gasteiger partial charge >= 0.3 is 5.97 Å². The lowest BCUT2D eigenvalue weighted by Gasteiger charge is -2.29. The van der Waals surface area contributed by atoms with E-state index in [0.29, 0.717) is 6.42 Å². The zero-order valence-electron chi connectivity index (χ0n) is 37.9. The Morgan fingerprint density at radius 1 is 0.500 bits per heavy atom. The molecule has 0 aromatic rings. The lowest BCUT2D eigenvalue weighted by Crippen LogP contribution is -2.61. The molecule has 0 radical (unpaired) electrons. The number of aliphatic hydroxyl groups is 1. The highest BCUT2D eigenvalue weighted by atomic mass is 16.4. The van der Waals surface area contributed by atoms with E-state index in [4.69, 9.17) is 11.5 Å². The maximum absolute atomic E-state index is 13.9. The maximum Gasteiger partial charge on any atom is 0.326 e. The van der Waals surface area contributed by atoms with Crippen molar-refractivity contribution in [2.75, 3.05) is 6.61 Å². The highest BCUT2D eigenvalue weighted by Crippen LogP contribution is 2.13. The fourth-order valence-corrected chi connectivity index (χ4v) is 5.80. The van der Waals surface area contributed by atoms with Crippen molar-refractivity contribution in [2.24, 2.45) is 35.1 Å². The van der Waals surface area contributed by atoms with E-state index in [1.807, 2.05) is 0 Å². The molecule has 0 rings (SSSR count). The van der Waals surface area contributed by atoms with Gasteiger partial charge in [0.25, 0.3) is 0 Å². The van der Waals surface area contributed by atoms with Crippen molar-refractivity contribution < 1.29 is 58.2 Å². The summed E-state index contributed by atoms with van der Waals surface area (Å²) in [7, 11) is 0. The van der Waals surface area contributed by atoms with Gasteiger partial charge in [0.15, 0.2) is 0 Å². The Labute approximate surface area is 363 Å². The number of primary amides is 1. The predicted octanol–water partition coefficient (Wildman–Crippen LogP) is -2.61. The molecule has 14 N–H and O–H groups in total. The van der Waals surface area contributed by atoms with Gasteiger partial charge in [0.05, 0.1) is 12.6 Å². The van der Waals surface area contributed by atoms with E-state index in [0.717, 1.165) is 0 Å². The number of carbonyl (C=O) groups excluding carboxylic acids is 9. The summed E-state index contributed by atoms with van der Waals surface area (Å²) in [6.07, 6.45) is -0.181. The molecule has 0 saturated carbocycles. The minimum Gasteiger partial charge on any atom is -0.480 e. The van der Waals surface area contributed by atoms with Gasteiger partial charge in [-0.25, -0.2) is 4.79 Å². The fourth-order valence-electron chi connectivity index (χ4n) is 5.80. The third-order valence-electron chi connectivity index (χ3n) is 9.75. The molecule has 0 bridgehead atoms. The average molecular weight is 885 g/mol. The molecule has 62 heavy (non-hydrogen) atoms. The first-order valence-corrected chi connectivity index (χ1v) is 21.0. The number of rotatable bonds is 28. The molecule has 0 spiro atoms. The van der Waals surface area contributed by atoms with Gasteiger partial charge in [-0.05, 0) is 63.7 Å². The number of hydrogen-bond donors (Lipinski definition) is 12. The quantitative estimate of drug-likeness (QED) is 0.0384. The van der Waals surface area contributed by atoms with Crippen molar-refractivity contribution >= 4 is 59.1 Å². The molecule has 0 aliphatic rings. The monoisotopic (exact) mass is 885 g/mol. The molecule has 22 nitrogen and oxygen atoms in total. The molecule has 0 aliphatic heterocycles. The Hall–Kier alpha value is -5.38. The predicted molar refractivity (Wildman–Crippen MR) is 227 cm³/mol. The summed E-state index contributed by atoms with van der Waals surface area (Å²) in [6.45, 7) is 17.0. The second-order valence-electron chi connectivity index (χ2n) is 16.9. The summed E-state index contributed by atoms with van der Waals surface area (Å²) < 4.78 is 0. The van der Waals surface area contributed by atoms with Crippen molar-refractivity contribution in [2.45, 2.75) is 163 Å². The normalized spacial score (nSPS) is 16.1. The van der Waals surface area contributed by atoms with E-state index in [1.165, 1.54) is 20.8 Å². The highest BCUT2D eigenvalue weighted by Gasteiger charge is 2.35. The first-order valence-electron chi connectivity index (χ1n) is 21.0. The van der Waals surface area contributed by atoms with Crippen LogP contribution in [-0.2, 0) is 47.9 Å². The molecule has 0 aliphatic carbocycles. The molecule has 0 aromatic carbocycles. The molecule has 354 valence electrons. The summed E-state index contributed by atoms with van der Waals surface area (Å²) >= 11 is 0. The van der Waals surface area contributed by atoms with Gasteiger partial charge in [-0.1, -0.05) is 61.8 Å². The minimum atomic E-state index is -1.56. The number of amides is 9. The lowest BCUT2D eigenvalue weighted by atomic mass is 9.96. The van der Waals surface area contributed by atoms with E-state index < -0.39 is 126 Å². The Kier molecular flexibility index (Phi) is 25.2. The number of aliphatic carboxylic acids is 1. The van der Waals surface area contributed by atoms with Gasteiger partial charge < -0.3 is 64.2 Å². The van der Waals surface area contributed by atoms with Crippen LogP contribution in [0.4, 0.5) is 0 Å². The summed E-state index contributed by atoms with van der Waals surface area (Å²) in [6, 6.07) is -11.3. The third-order valence-corrected chi connectivity index (χ3v) is 9.75. The van der Waals surface area contributed by atoms with E-state index in [2.05, 4.69) is 42.5 Å². The Morgan fingerprint density at radius 3 is 1.35 bits per heavy atom. The lowest BCUT2D eigenvalue weighted by molar-refractivity contribution is -0.143. The van der Waals surface area contributed by atoms with Crippen LogP contribution in [0.2, 0.25) is 0 Å². The van der Waals surface area contributed by atoms with Crippen LogP contribution in [0.15, 0.2) is 0 Å². The molecule has 10 atom stereocenters. The topological polar surface area (TPSA) is 359 Å². The van der Waals surface area contributed by atoms with E-state index >= 15 is 0 Å². The molecule has 0 unspecified atom stereocenters. The second kappa shape index (κ2) is 27.5. The molecule has 22 heteroatoms. The number of hydrogen-bond acceptors (Lipinski definition) is 12. The smallest absolute Gasteiger partial charge is 0.326 e. The molecule has 0 heterocycles. The largest absolute Gasteiger partial charge is 0.480 e. The Balaban J connectivity index is 6.12.